The maximum absolute atomic E-state index is 4.54. The van der Waals surface area contributed by atoms with E-state index >= 15 is 0 Å². The van der Waals surface area contributed by atoms with Gasteiger partial charge in [0.05, 0.1) is 5.04 Å². The fraction of sp³-hybridized carbons (Fsp3) is 0.190. The van der Waals surface area contributed by atoms with E-state index in [1.807, 2.05) is 46.0 Å². The van der Waals surface area contributed by atoms with Crippen molar-refractivity contribution in [1.29, 1.82) is 0 Å². The molecule has 0 aliphatic rings. The highest BCUT2D eigenvalue weighted by atomic mass is 33.1. The molecular weight excluding hydrogens is 689 g/mol. The maximum Gasteiger partial charge on any atom is 0.262 e. The second-order valence-corrected chi connectivity index (χ2v) is 16.9. The number of rotatable bonds is 12. The molecule has 8 heteroatoms. The Morgan fingerprint density at radius 2 is 1.26 bits per heavy atom. The van der Waals surface area contributed by atoms with E-state index in [-0.39, 0.29) is 0 Å². The van der Waals surface area contributed by atoms with Crippen LogP contribution >= 0.6 is 44.7 Å². The lowest BCUT2D eigenvalue weighted by Gasteiger charge is -2.10. The quantitative estimate of drug-likeness (QED) is 0.0313. The van der Waals surface area contributed by atoms with Crippen LogP contribution in [0.1, 0.15) is 27.5 Å². The number of aromatic nitrogens is 3. The Bertz CT molecular complexity index is 2360. The summed E-state index contributed by atoms with van der Waals surface area (Å²) in [5.74, 6) is 2.10. The molecule has 50 heavy (non-hydrogen) atoms. The van der Waals surface area contributed by atoms with Gasteiger partial charge in [-0.25, -0.2) is 0 Å². The van der Waals surface area contributed by atoms with Crippen LogP contribution in [0.3, 0.4) is 0 Å². The summed E-state index contributed by atoms with van der Waals surface area (Å²) < 4.78 is 8.58. The fourth-order valence-corrected chi connectivity index (χ4v) is 10.3. The summed E-state index contributed by atoms with van der Waals surface area (Å²) in [6.45, 7) is 6.47. The molecule has 0 N–H and O–H groups in total. The van der Waals surface area contributed by atoms with Gasteiger partial charge in [0.2, 0.25) is 5.52 Å². The van der Waals surface area contributed by atoms with Crippen LogP contribution in [0.5, 0.6) is 0 Å². The van der Waals surface area contributed by atoms with Gasteiger partial charge in [0.25, 0.3) is 5.01 Å². The average molecular weight is 730 g/mol. The van der Waals surface area contributed by atoms with Crippen molar-refractivity contribution in [3.05, 3.63) is 137 Å². The minimum atomic E-state index is 0.973. The summed E-state index contributed by atoms with van der Waals surface area (Å²) in [5, 5.41) is 4.86. The molecule has 0 unspecified atom stereocenters. The number of fused-ring (bicyclic) bond motifs is 3. The molecule has 0 radical (unpaired) electrons. The van der Waals surface area contributed by atoms with Gasteiger partial charge in [-0.15, -0.1) is 0 Å². The van der Waals surface area contributed by atoms with Crippen LogP contribution < -0.4 is 4.57 Å². The normalized spacial score (nSPS) is 12.5. The van der Waals surface area contributed by atoms with Gasteiger partial charge in [0.15, 0.2) is 0 Å². The molecule has 4 nitrogen and oxygen atoms in total. The molecule has 0 atom stereocenters. The topological polar surface area (TPSA) is 26.1 Å². The molecule has 0 amide bonds. The van der Waals surface area contributed by atoms with Crippen molar-refractivity contribution in [1.82, 2.24) is 9.13 Å². The van der Waals surface area contributed by atoms with E-state index in [0.29, 0.717) is 0 Å². The number of hydrogen-bond donors (Lipinski definition) is 0. The molecule has 3 aromatic heterocycles. The third-order valence-corrected chi connectivity index (χ3v) is 13.8. The minimum Gasteiger partial charge on any atom is -0.343 e. The fourth-order valence-electron chi connectivity index (χ4n) is 6.63. The van der Waals surface area contributed by atoms with E-state index in [2.05, 4.69) is 161 Å². The van der Waals surface area contributed by atoms with Crippen molar-refractivity contribution >= 4 is 100.0 Å². The third-order valence-electron chi connectivity index (χ3n) is 9.18. The molecule has 7 rings (SSSR count). The SMILES string of the molecule is C/N=C(\C=C\c1c(C)n(CCSSCCn2c(C)c(/C=C/c3sc4ccccc4[n+]3C)c3ccccc32)c2ccccc12)Sc1ccccc1. The maximum atomic E-state index is 4.54. The van der Waals surface area contributed by atoms with Gasteiger partial charge < -0.3 is 9.13 Å². The predicted molar refractivity (Wildman–Crippen MR) is 225 cm³/mol. The van der Waals surface area contributed by atoms with Crippen molar-refractivity contribution < 1.29 is 4.57 Å². The molecule has 252 valence electrons. The lowest BCUT2D eigenvalue weighted by Crippen LogP contribution is -2.28. The van der Waals surface area contributed by atoms with Crippen LogP contribution in [0.4, 0.5) is 0 Å². The smallest absolute Gasteiger partial charge is 0.262 e. The van der Waals surface area contributed by atoms with E-state index in [9.17, 15) is 0 Å². The van der Waals surface area contributed by atoms with Crippen molar-refractivity contribution in [3.63, 3.8) is 0 Å². The Labute approximate surface area is 311 Å². The summed E-state index contributed by atoms with van der Waals surface area (Å²) in [4.78, 5) is 5.74. The average Bonchev–Trinajstić information content (AvgIpc) is 3.72. The van der Waals surface area contributed by atoms with Crippen LogP contribution in [0, 0.1) is 13.8 Å². The van der Waals surface area contributed by atoms with E-state index in [1.54, 1.807) is 11.8 Å². The van der Waals surface area contributed by atoms with E-state index < -0.39 is 0 Å². The standard InChI is InChI=1S/C42H41N4S4/c1-30-33(22-24-41(43-3)49-32-14-6-5-7-15-32)35-16-8-10-18-37(35)45(30)26-28-47-48-29-27-46-31(2)34(36-17-9-11-19-38(36)46)23-25-42-44(4)39-20-12-13-21-40(39)50-42/h5-25H,26-29H2,1-4H3/q+1/b24-22+,43-41+. The Balaban J connectivity index is 0.998. The number of aryl methyl sites for hydroxylation is 3. The second-order valence-electron chi connectivity index (χ2n) is 12.1. The molecule has 4 aromatic carbocycles. The number of hydrogen-bond acceptors (Lipinski definition) is 5. The Hall–Kier alpha value is -3.95. The highest BCUT2D eigenvalue weighted by Gasteiger charge is 2.16. The van der Waals surface area contributed by atoms with Gasteiger partial charge in [0.1, 0.15) is 11.7 Å². The summed E-state index contributed by atoms with van der Waals surface area (Å²) in [5.41, 5.74) is 9.08. The van der Waals surface area contributed by atoms with E-state index in [1.165, 1.54) is 64.4 Å². The van der Waals surface area contributed by atoms with E-state index in [4.69, 9.17) is 0 Å². The molecule has 0 spiro atoms. The second kappa shape index (κ2) is 15.9. The van der Waals surface area contributed by atoms with Gasteiger partial charge >= 0.3 is 0 Å². The van der Waals surface area contributed by atoms with Crippen molar-refractivity contribution in [3.8, 4) is 0 Å². The molecular formula is C42H41N4S4+. The van der Waals surface area contributed by atoms with Crippen molar-refractivity contribution in [2.45, 2.75) is 31.8 Å². The molecule has 0 aliphatic heterocycles. The number of aliphatic imine (C=N–C) groups is 1. The molecule has 0 saturated carbocycles. The predicted octanol–water partition coefficient (Wildman–Crippen LogP) is 11.3. The summed E-state index contributed by atoms with van der Waals surface area (Å²) >= 11 is 3.54. The van der Waals surface area contributed by atoms with Gasteiger partial charge in [0, 0.05) is 93.0 Å². The summed E-state index contributed by atoms with van der Waals surface area (Å²) in [6.07, 6.45) is 8.98. The lowest BCUT2D eigenvalue weighted by atomic mass is 10.1. The summed E-state index contributed by atoms with van der Waals surface area (Å²) in [7, 11) is 7.97. The number of thioether (sulfide) groups is 1. The van der Waals surface area contributed by atoms with Gasteiger partial charge in [-0.05, 0) is 62.4 Å². The molecule has 0 aliphatic carbocycles. The van der Waals surface area contributed by atoms with Crippen LogP contribution in [-0.2, 0) is 20.1 Å². The van der Waals surface area contributed by atoms with Crippen LogP contribution in [-0.4, -0.2) is 32.7 Å². The van der Waals surface area contributed by atoms with E-state index in [0.717, 1.165) is 29.6 Å². The molecule has 3 heterocycles. The van der Waals surface area contributed by atoms with Crippen molar-refractivity contribution in [2.24, 2.45) is 12.0 Å². The Morgan fingerprint density at radius 3 is 1.88 bits per heavy atom. The largest absolute Gasteiger partial charge is 0.343 e. The first-order chi connectivity index (χ1) is 24.5. The Kier molecular flexibility index (Phi) is 11.0. The highest BCUT2D eigenvalue weighted by Crippen LogP contribution is 2.32. The molecule has 7 aromatic rings. The molecule has 0 saturated heterocycles. The minimum absolute atomic E-state index is 0.973. The van der Waals surface area contributed by atoms with Crippen molar-refractivity contribution in [2.75, 3.05) is 18.6 Å². The first-order valence-electron chi connectivity index (χ1n) is 16.9. The summed E-state index contributed by atoms with van der Waals surface area (Å²) in [6, 6.07) is 36.7. The number of nitrogens with zero attached hydrogens (tertiary/aromatic N) is 4. The zero-order valence-electron chi connectivity index (χ0n) is 28.9. The third kappa shape index (κ3) is 7.26. The highest BCUT2D eigenvalue weighted by molar-refractivity contribution is 8.76. The number of benzene rings is 4. The number of para-hydroxylation sites is 3. The Morgan fingerprint density at radius 1 is 0.700 bits per heavy atom. The van der Waals surface area contributed by atoms with Gasteiger partial charge in [-0.2, -0.15) is 4.57 Å². The first-order valence-corrected chi connectivity index (χ1v) is 21.0. The lowest BCUT2D eigenvalue weighted by molar-refractivity contribution is -0.642. The zero-order valence-corrected chi connectivity index (χ0v) is 32.1. The molecule has 0 fully saturated rings. The number of thiazole rings is 1. The zero-order chi connectivity index (χ0) is 34.5. The molecule has 0 bridgehead atoms. The van der Waals surface area contributed by atoms with Crippen LogP contribution in [0.25, 0.3) is 50.3 Å². The first kappa shape index (κ1) is 34.5. The van der Waals surface area contributed by atoms with Crippen LogP contribution in [0.2, 0.25) is 0 Å². The van der Waals surface area contributed by atoms with Gasteiger partial charge in [-0.3, -0.25) is 4.99 Å². The van der Waals surface area contributed by atoms with Crippen LogP contribution in [0.15, 0.2) is 119 Å². The monoisotopic (exact) mass is 729 g/mol. The van der Waals surface area contributed by atoms with Gasteiger partial charge in [-0.1, -0.05) is 111 Å².